The SMILES string of the molecule is CCC#CCn1c(=O)n(Cc2c(C)c(Br)c(C)c[n+]2O)c2nc(N)nc(Cl)c21.CCC#CCn1c(=O)n(Cc2c(C)c(Cl)c(C)c[n+]2O)c2nc(N)nc(Cl)c21.CCC#CCn1c(=O)n(Cc2c(C)c(I)c(C)c[n+]2O)c2nc(N)nc(Cl)c21.CCC#CCn1c(=O)n(Cc2c(C)c(OC)c(C)c[n+]2O)c2nc(N)nc(Cl)c21. The van der Waals surface area contributed by atoms with E-state index in [1.54, 1.807) is 40.3 Å². The summed E-state index contributed by atoms with van der Waals surface area (Å²) in [6.07, 6.45) is 8.86. The highest BCUT2D eigenvalue weighted by molar-refractivity contribution is 14.1. The molecule has 0 saturated carbocycles. The number of nitrogens with two attached hydrogens (primary N) is 4. The molecule has 33 nitrogen and oxygen atoms in total. The van der Waals surface area contributed by atoms with E-state index in [0.29, 0.717) is 104 Å². The van der Waals surface area contributed by atoms with E-state index < -0.39 is 5.69 Å². The van der Waals surface area contributed by atoms with Crippen LogP contribution in [0.1, 0.15) is 121 Å². The molecule has 0 unspecified atom stereocenters. The minimum Gasteiger partial charge on any atom is -0.496 e. The van der Waals surface area contributed by atoms with Gasteiger partial charge in [0.05, 0.1) is 49.4 Å². The van der Waals surface area contributed by atoms with Crippen LogP contribution in [-0.2, 0) is 52.4 Å². The summed E-state index contributed by atoms with van der Waals surface area (Å²) in [4.78, 5) is 85.2. The summed E-state index contributed by atoms with van der Waals surface area (Å²) in [7, 11) is 1.55. The summed E-state index contributed by atoms with van der Waals surface area (Å²) in [6, 6.07) is 0. The zero-order valence-electron chi connectivity index (χ0n) is 63.5. The monoisotopic (exact) mass is 1820 g/mol. The molecule has 12 rings (SSSR count). The van der Waals surface area contributed by atoms with E-state index in [-0.39, 0.29) is 131 Å². The van der Waals surface area contributed by atoms with Crippen LogP contribution in [0.2, 0.25) is 25.6 Å². The summed E-state index contributed by atoms with van der Waals surface area (Å²) < 4.78 is 22.5. The van der Waals surface area contributed by atoms with E-state index in [0.717, 1.165) is 54.8 Å². The number of fused-ring (bicyclic) bond motifs is 4. The molecule has 12 aromatic heterocycles. The fourth-order valence-corrected chi connectivity index (χ4v) is 14.3. The molecular weight excluding hydrogens is 1740 g/mol. The molecule has 0 amide bonds. The van der Waals surface area contributed by atoms with Crippen LogP contribution in [0.4, 0.5) is 23.8 Å². The predicted molar refractivity (Wildman–Crippen MR) is 439 cm³/mol. The number of halogens is 7. The number of nitrogen functional groups attached to an aromatic ring is 4. The van der Waals surface area contributed by atoms with Crippen LogP contribution in [-0.4, -0.2) is 104 Å². The third kappa shape index (κ3) is 18.0. The number of pyridine rings is 4. The summed E-state index contributed by atoms with van der Waals surface area (Å²) in [6.45, 7) is 23.2. The van der Waals surface area contributed by atoms with Crippen LogP contribution in [0.15, 0.2) is 48.4 Å². The molecule has 590 valence electrons. The number of anilines is 4. The number of ether oxygens (including phenoxy) is 1. The molecule has 0 bridgehead atoms. The first kappa shape index (κ1) is 86.1. The molecule has 40 heteroatoms. The van der Waals surface area contributed by atoms with Crippen molar-refractivity contribution < 1.29 is 44.5 Å². The van der Waals surface area contributed by atoms with Crippen molar-refractivity contribution in [1.82, 2.24) is 76.4 Å². The fraction of sp³-hybridized carbons (Fsp3) is 0.342. The molecule has 0 aliphatic rings. The Bertz CT molecular complexity index is 5910. The van der Waals surface area contributed by atoms with Crippen molar-refractivity contribution >= 4 is 165 Å². The van der Waals surface area contributed by atoms with Crippen molar-refractivity contribution in [1.29, 1.82) is 0 Å². The fourth-order valence-electron chi connectivity index (χ4n) is 12.3. The lowest BCUT2D eigenvalue weighted by atomic mass is 10.1. The predicted octanol–water partition coefficient (Wildman–Crippen LogP) is 7.76. The Morgan fingerprint density at radius 2 is 0.664 bits per heavy atom. The minimum atomic E-state index is -0.390. The Morgan fingerprint density at radius 1 is 0.398 bits per heavy atom. The molecule has 0 fully saturated rings. The number of nitrogens with zero attached hydrogens (tertiary/aromatic N) is 20. The van der Waals surface area contributed by atoms with Gasteiger partial charge in [-0.2, -0.15) is 39.9 Å². The third-order valence-corrected chi connectivity index (χ3v) is 22.2. The molecule has 0 aliphatic heterocycles. The van der Waals surface area contributed by atoms with Crippen molar-refractivity contribution in [2.75, 3.05) is 30.0 Å². The lowest BCUT2D eigenvalue weighted by Gasteiger charge is -2.09. The number of imidazole rings is 4. The van der Waals surface area contributed by atoms with Gasteiger partial charge in [-0.15, -0.1) is 23.7 Å². The van der Waals surface area contributed by atoms with Crippen molar-refractivity contribution in [3.05, 3.63) is 168 Å². The lowest BCUT2D eigenvalue weighted by Crippen LogP contribution is -2.39. The van der Waals surface area contributed by atoms with Gasteiger partial charge in [-0.05, 0) is 93.9 Å². The van der Waals surface area contributed by atoms with Gasteiger partial charge in [-0.25, -0.2) is 19.2 Å². The van der Waals surface area contributed by atoms with Crippen molar-refractivity contribution in [3.63, 3.8) is 0 Å². The smallest absolute Gasteiger partial charge is 0.331 e. The molecule has 12 aromatic rings. The zero-order chi connectivity index (χ0) is 83.0. The van der Waals surface area contributed by atoms with E-state index >= 15 is 0 Å². The number of methoxy groups -OCH3 is 1. The Labute approximate surface area is 692 Å². The summed E-state index contributed by atoms with van der Waals surface area (Å²) >= 11 is 37.1. The number of rotatable bonds is 13. The van der Waals surface area contributed by atoms with Gasteiger partial charge in [0, 0.05) is 86.0 Å². The molecule has 0 radical (unpaired) electrons. The van der Waals surface area contributed by atoms with Crippen molar-refractivity contribution in [3.8, 4) is 53.1 Å². The largest absolute Gasteiger partial charge is 0.496 e. The minimum absolute atomic E-state index is 0.0126. The standard InChI is InChI=1S/C19H22ClN6O3.C18H19BrClN6O2.C18H19Cl2N6O2.C18H19ClIN6O2/c1-5-6-7-8-24-14-16(20)22-18(21)23-17(14)25(19(24)27)10-13-12(3)15(29-4)11(2)9-26(13)28;2*1-4-5-6-7-24-14-15(20)22-17(21)23-16(14)25(18(24)27)9-12-11(3)13(19)10(2)8-26(12)28;1-4-5-6-7-24-14-15(19)22-17(21)23-16(14)25(18(24)27)9-12-11(3)13(20)10(2)8-26(12)28/h9,28H,5,8,10H2,1-4H3,(H2,21,22,23);3*8,28H,4,7,9H2,1-3H3,(H2,21,22,23)/q4*+1. The number of aryl methyl sites for hydroxylation is 4. The van der Waals surface area contributed by atoms with Gasteiger partial charge >= 0.3 is 22.8 Å². The summed E-state index contributed by atoms with van der Waals surface area (Å²) in [5, 5.41) is 42.4. The summed E-state index contributed by atoms with van der Waals surface area (Å²) in [5.74, 6) is 23.9. The van der Waals surface area contributed by atoms with Gasteiger partial charge in [0.2, 0.25) is 48.6 Å². The average molecular weight is 1820 g/mol. The Morgan fingerprint density at radius 3 is 0.965 bits per heavy atom. The Hall–Kier alpha value is -10.9. The van der Waals surface area contributed by atoms with E-state index in [1.165, 1.54) is 48.9 Å². The topological polar surface area (TPSA) is 421 Å². The molecule has 113 heavy (non-hydrogen) atoms. The zero-order valence-corrected chi connectivity index (χ0v) is 71.0. The first-order valence-electron chi connectivity index (χ1n) is 34.5. The van der Waals surface area contributed by atoms with Crippen molar-refractivity contribution in [2.24, 2.45) is 0 Å². The van der Waals surface area contributed by atoms with Crippen LogP contribution in [0.25, 0.3) is 44.7 Å². The quantitative estimate of drug-likeness (QED) is 0.0180. The first-order valence-corrected chi connectivity index (χ1v) is 38.3. The maximum absolute atomic E-state index is 13.2. The average Bonchev–Trinajstić information content (AvgIpc) is 1.62. The second-order valence-corrected chi connectivity index (χ2v) is 28.9. The van der Waals surface area contributed by atoms with Gasteiger partial charge in [0.15, 0.2) is 43.2 Å². The Kier molecular flexibility index (Phi) is 28.0. The van der Waals surface area contributed by atoms with Crippen LogP contribution in [0, 0.1) is 106 Å². The number of hydrogen-bond acceptors (Lipinski definition) is 21. The Balaban J connectivity index is 0.000000173. The second-order valence-electron chi connectivity index (χ2n) is 25.2. The van der Waals surface area contributed by atoms with Gasteiger partial charge in [0.25, 0.3) is 22.8 Å². The molecule has 0 aliphatic carbocycles. The van der Waals surface area contributed by atoms with Gasteiger partial charge in [0.1, 0.15) is 54.0 Å². The molecule has 0 aromatic carbocycles. The van der Waals surface area contributed by atoms with Crippen LogP contribution in [0.3, 0.4) is 0 Å². The van der Waals surface area contributed by atoms with Crippen LogP contribution in [0.5, 0.6) is 5.75 Å². The molecule has 0 saturated heterocycles. The normalized spacial score (nSPS) is 10.9. The van der Waals surface area contributed by atoms with E-state index in [4.69, 9.17) is 85.7 Å². The summed E-state index contributed by atoms with van der Waals surface area (Å²) in [5.41, 5.74) is 32.3. The number of aromatic nitrogens is 20. The molecule has 12 heterocycles. The highest BCUT2D eigenvalue weighted by atomic mass is 127. The first-order chi connectivity index (χ1) is 53.6. The van der Waals surface area contributed by atoms with Crippen LogP contribution >= 0.6 is 96.5 Å². The molecule has 0 spiro atoms. The van der Waals surface area contributed by atoms with E-state index in [1.807, 2.05) is 62.3 Å². The van der Waals surface area contributed by atoms with E-state index in [2.05, 4.69) is 126 Å². The maximum atomic E-state index is 13.2. The van der Waals surface area contributed by atoms with Gasteiger partial charge < -0.3 is 27.7 Å². The molecular formula is C73H79BrCl5IN24O9+4. The van der Waals surface area contributed by atoms with Gasteiger partial charge in [-0.1, -0.05) is 109 Å². The van der Waals surface area contributed by atoms with Crippen molar-refractivity contribution in [2.45, 2.75) is 161 Å². The molecule has 0 atom stereocenters. The van der Waals surface area contributed by atoms with Gasteiger partial charge in [-0.3, -0.25) is 57.4 Å². The third-order valence-electron chi connectivity index (χ3n) is 17.7. The highest BCUT2D eigenvalue weighted by Gasteiger charge is 2.31. The highest BCUT2D eigenvalue weighted by Crippen LogP contribution is 2.30. The van der Waals surface area contributed by atoms with E-state index in [9.17, 15) is 40.0 Å². The second kappa shape index (κ2) is 36.7. The molecule has 12 N–H and O–H groups in total. The van der Waals surface area contributed by atoms with Crippen LogP contribution < -0.4 is 69.4 Å². The lowest BCUT2D eigenvalue weighted by molar-refractivity contribution is -0.910. The number of hydrogen-bond donors (Lipinski definition) is 8. The maximum Gasteiger partial charge on any atom is 0.331 e.